The molecule has 0 saturated heterocycles. The summed E-state index contributed by atoms with van der Waals surface area (Å²) in [6.45, 7) is -0.0782. The van der Waals surface area contributed by atoms with Gasteiger partial charge in [0, 0.05) is 30.6 Å². The molecular weight excluding hydrogens is 739 g/mol. The number of rotatable bonds is 9. The normalized spacial score (nSPS) is 12.8. The highest BCUT2D eigenvalue weighted by atomic mass is 127. The molecule has 0 aliphatic heterocycles. The number of nitrogens with zero attached hydrogens (tertiary/aromatic N) is 1. The van der Waals surface area contributed by atoms with Gasteiger partial charge in [0.15, 0.2) is 0 Å². The summed E-state index contributed by atoms with van der Waals surface area (Å²) in [6.07, 6.45) is -2.27. The van der Waals surface area contributed by atoms with Crippen LogP contribution in [0.4, 0.5) is 5.69 Å². The number of anilines is 1. The first-order chi connectivity index (χ1) is 14.0. The predicted octanol–water partition coefficient (Wildman–Crippen LogP) is -0.0330. The largest absolute Gasteiger partial charge is 0.394 e. The van der Waals surface area contributed by atoms with Crippen molar-refractivity contribution < 1.29 is 34.8 Å². The Bertz CT molecular complexity index is 823. The van der Waals surface area contributed by atoms with Crippen molar-refractivity contribution in [1.82, 2.24) is 10.2 Å². The van der Waals surface area contributed by atoms with Crippen LogP contribution in [0.5, 0.6) is 0 Å². The minimum absolute atomic E-state index is 0.130. The highest BCUT2D eigenvalue weighted by molar-refractivity contribution is 14.1. The van der Waals surface area contributed by atoms with Crippen molar-refractivity contribution >= 4 is 91.2 Å². The van der Waals surface area contributed by atoms with Crippen LogP contribution in [0.25, 0.3) is 0 Å². The van der Waals surface area contributed by atoms with E-state index < -0.39 is 43.1 Å². The standard InChI is InChI=1S/C17H22I3N3O7/c1-7(26)22-15-13(19)10(16(29)21-3-8(27)5-24)12(18)11(14(15)20)17(30)23(2)4-9(28)6-25/h8-9,24-25,27-28H,3-6H2,1-2H3,(H,21,29)(H,22,26)/t8-,9+/m1/s1. The van der Waals surface area contributed by atoms with E-state index in [0.29, 0.717) is 10.7 Å². The van der Waals surface area contributed by atoms with Gasteiger partial charge < -0.3 is 36.0 Å². The molecule has 6 N–H and O–H groups in total. The molecule has 0 bridgehead atoms. The van der Waals surface area contributed by atoms with Gasteiger partial charge in [-0.3, -0.25) is 14.4 Å². The maximum absolute atomic E-state index is 13.1. The second-order valence-corrected chi connectivity index (χ2v) is 9.55. The van der Waals surface area contributed by atoms with Crippen LogP contribution >= 0.6 is 67.8 Å². The van der Waals surface area contributed by atoms with E-state index in [9.17, 15) is 24.6 Å². The Balaban J connectivity index is 3.55. The van der Waals surface area contributed by atoms with Crippen LogP contribution in [0.2, 0.25) is 0 Å². The fourth-order valence-corrected chi connectivity index (χ4v) is 6.74. The molecule has 168 valence electrons. The minimum atomic E-state index is -1.14. The van der Waals surface area contributed by atoms with E-state index in [1.165, 1.54) is 18.9 Å². The zero-order valence-corrected chi connectivity index (χ0v) is 22.6. The number of halogens is 3. The number of nitrogens with one attached hydrogen (secondary N) is 2. The molecule has 0 aliphatic carbocycles. The summed E-state index contributed by atoms with van der Waals surface area (Å²) in [6, 6.07) is 0. The number of carbonyl (C=O) groups excluding carboxylic acids is 3. The third kappa shape index (κ3) is 7.09. The molecule has 13 heteroatoms. The Kier molecular flexibility index (Phi) is 11.7. The molecule has 0 aliphatic rings. The maximum Gasteiger partial charge on any atom is 0.255 e. The second kappa shape index (κ2) is 12.6. The molecular formula is C17H22I3N3O7. The summed E-state index contributed by atoms with van der Waals surface area (Å²) in [5.41, 5.74) is 0.572. The zero-order chi connectivity index (χ0) is 23.2. The molecule has 0 radical (unpaired) electrons. The van der Waals surface area contributed by atoms with E-state index in [2.05, 4.69) is 10.6 Å². The summed E-state index contributed by atoms with van der Waals surface area (Å²) >= 11 is 5.66. The average Bonchev–Trinajstić information content (AvgIpc) is 2.68. The summed E-state index contributed by atoms with van der Waals surface area (Å²) in [4.78, 5) is 38.8. The van der Waals surface area contributed by atoms with Crippen molar-refractivity contribution in [3.63, 3.8) is 0 Å². The van der Waals surface area contributed by atoms with Gasteiger partial charge in [0.05, 0.1) is 49.4 Å². The quantitative estimate of drug-likeness (QED) is 0.193. The predicted molar refractivity (Wildman–Crippen MR) is 134 cm³/mol. The summed E-state index contributed by atoms with van der Waals surface area (Å²) in [5.74, 6) is -1.49. The van der Waals surface area contributed by atoms with Crippen molar-refractivity contribution in [2.45, 2.75) is 19.1 Å². The Morgan fingerprint density at radius 3 is 2.00 bits per heavy atom. The van der Waals surface area contributed by atoms with Gasteiger partial charge in [-0.1, -0.05) is 0 Å². The highest BCUT2D eigenvalue weighted by Crippen LogP contribution is 2.36. The van der Waals surface area contributed by atoms with Crippen molar-refractivity contribution in [2.75, 3.05) is 38.7 Å². The molecule has 3 amide bonds. The van der Waals surface area contributed by atoms with Gasteiger partial charge in [-0.05, 0) is 67.8 Å². The molecule has 0 unspecified atom stereocenters. The van der Waals surface area contributed by atoms with Crippen LogP contribution < -0.4 is 10.6 Å². The van der Waals surface area contributed by atoms with E-state index in [4.69, 9.17) is 10.2 Å². The fourth-order valence-electron chi connectivity index (χ4n) is 2.35. The lowest BCUT2D eigenvalue weighted by atomic mass is 10.1. The van der Waals surface area contributed by atoms with Crippen molar-refractivity contribution in [3.05, 3.63) is 21.8 Å². The maximum atomic E-state index is 13.1. The molecule has 1 aromatic carbocycles. The Morgan fingerprint density at radius 1 is 0.967 bits per heavy atom. The number of aliphatic hydroxyl groups excluding tert-OH is 4. The Labute approximate surface area is 214 Å². The smallest absolute Gasteiger partial charge is 0.255 e. The number of carbonyl (C=O) groups is 3. The molecule has 0 saturated carbocycles. The minimum Gasteiger partial charge on any atom is -0.394 e. The van der Waals surface area contributed by atoms with Crippen LogP contribution in [0.3, 0.4) is 0 Å². The van der Waals surface area contributed by atoms with Crippen LogP contribution in [0.15, 0.2) is 0 Å². The van der Waals surface area contributed by atoms with Crippen molar-refractivity contribution in [2.24, 2.45) is 0 Å². The van der Waals surface area contributed by atoms with Crippen molar-refractivity contribution in [1.29, 1.82) is 0 Å². The number of hydrogen-bond donors (Lipinski definition) is 6. The molecule has 10 nitrogen and oxygen atoms in total. The van der Waals surface area contributed by atoms with Crippen LogP contribution in [-0.4, -0.2) is 88.6 Å². The molecule has 0 aromatic heterocycles. The average molecular weight is 761 g/mol. The van der Waals surface area contributed by atoms with E-state index in [1.54, 1.807) is 0 Å². The van der Waals surface area contributed by atoms with E-state index >= 15 is 0 Å². The topological polar surface area (TPSA) is 159 Å². The third-order valence-electron chi connectivity index (χ3n) is 3.81. The zero-order valence-electron chi connectivity index (χ0n) is 16.1. The lowest BCUT2D eigenvalue weighted by molar-refractivity contribution is -0.114. The number of benzene rings is 1. The van der Waals surface area contributed by atoms with Gasteiger partial charge in [0.25, 0.3) is 11.8 Å². The molecule has 0 fully saturated rings. The van der Waals surface area contributed by atoms with Crippen molar-refractivity contribution in [3.8, 4) is 0 Å². The van der Waals surface area contributed by atoms with Gasteiger partial charge in [-0.15, -0.1) is 0 Å². The number of likely N-dealkylation sites (N-methyl/N-ethyl adjacent to an activating group) is 1. The van der Waals surface area contributed by atoms with Crippen LogP contribution in [0, 0.1) is 10.7 Å². The van der Waals surface area contributed by atoms with Crippen LogP contribution in [-0.2, 0) is 4.79 Å². The van der Waals surface area contributed by atoms with Gasteiger partial charge >= 0.3 is 0 Å². The Morgan fingerprint density at radius 2 is 1.50 bits per heavy atom. The van der Waals surface area contributed by atoms with E-state index in [0.717, 1.165) is 0 Å². The van der Waals surface area contributed by atoms with Gasteiger partial charge in [0.1, 0.15) is 0 Å². The fraction of sp³-hybridized carbons (Fsp3) is 0.471. The molecule has 2 atom stereocenters. The molecule has 0 spiro atoms. The van der Waals surface area contributed by atoms with Gasteiger partial charge in [-0.25, -0.2) is 0 Å². The lowest BCUT2D eigenvalue weighted by Gasteiger charge is -2.24. The monoisotopic (exact) mass is 761 g/mol. The van der Waals surface area contributed by atoms with Gasteiger partial charge in [-0.2, -0.15) is 0 Å². The van der Waals surface area contributed by atoms with E-state index in [-0.39, 0.29) is 29.9 Å². The van der Waals surface area contributed by atoms with E-state index in [1.807, 2.05) is 67.8 Å². The lowest BCUT2D eigenvalue weighted by Crippen LogP contribution is -2.38. The van der Waals surface area contributed by atoms with Crippen LogP contribution in [0.1, 0.15) is 27.6 Å². The first kappa shape index (κ1) is 27.7. The molecule has 0 heterocycles. The van der Waals surface area contributed by atoms with Gasteiger partial charge in [0.2, 0.25) is 5.91 Å². The summed E-state index contributed by atoms with van der Waals surface area (Å²) < 4.78 is 1.14. The number of hydrogen-bond acceptors (Lipinski definition) is 7. The Hall–Kier alpha value is -0.340. The molecule has 30 heavy (non-hydrogen) atoms. The molecule has 1 aromatic rings. The first-order valence-electron chi connectivity index (χ1n) is 8.55. The third-order valence-corrected chi connectivity index (χ3v) is 7.05. The number of amides is 3. The summed E-state index contributed by atoms with van der Waals surface area (Å²) in [7, 11) is 1.45. The second-order valence-electron chi connectivity index (χ2n) is 6.32. The highest BCUT2D eigenvalue weighted by Gasteiger charge is 2.30. The number of aliphatic hydroxyl groups is 4. The SMILES string of the molecule is CC(=O)Nc1c(I)c(C(=O)NC[C@@H](O)CO)c(I)c(C(=O)N(C)C[C@H](O)CO)c1I. The molecule has 1 rings (SSSR count). The summed E-state index contributed by atoms with van der Waals surface area (Å²) in [5, 5.41) is 42.3. The first-order valence-corrected chi connectivity index (χ1v) is 11.8.